The smallest absolute Gasteiger partial charge is 0.258 e. The fraction of sp³-hybridized carbons (Fsp3) is 0.308. The number of fused-ring (bicyclic) bond motifs is 1. The minimum atomic E-state index is -1.05. The van der Waals surface area contributed by atoms with Crippen molar-refractivity contribution in [3.05, 3.63) is 86.7 Å². The molecule has 0 spiro atoms. The Morgan fingerprint density at radius 1 is 1.09 bits per heavy atom. The van der Waals surface area contributed by atoms with Crippen LogP contribution in [-0.4, -0.2) is 29.0 Å². The number of hydrogen-bond acceptors (Lipinski definition) is 5. The van der Waals surface area contributed by atoms with Gasteiger partial charge in [0, 0.05) is 24.0 Å². The second-order valence-electron chi connectivity index (χ2n) is 8.90. The van der Waals surface area contributed by atoms with Gasteiger partial charge in [-0.2, -0.15) is 10.2 Å². The van der Waals surface area contributed by atoms with Crippen molar-refractivity contribution in [3.8, 4) is 6.07 Å². The lowest BCUT2D eigenvalue weighted by molar-refractivity contribution is -0.119. The number of H-pyrrole nitrogens is 1. The Hall–Kier alpha value is -3.63. The van der Waals surface area contributed by atoms with Gasteiger partial charge in [0.1, 0.15) is 11.7 Å². The molecule has 1 saturated heterocycles. The van der Waals surface area contributed by atoms with E-state index in [1.165, 1.54) is 5.56 Å². The van der Waals surface area contributed by atoms with E-state index in [0.717, 1.165) is 32.4 Å². The summed E-state index contributed by atoms with van der Waals surface area (Å²) in [4.78, 5) is 35.6. The molecule has 3 aromatic rings. The molecule has 0 aliphatic carbocycles. The van der Waals surface area contributed by atoms with E-state index in [9.17, 15) is 14.9 Å². The predicted octanol–water partition coefficient (Wildman–Crippen LogP) is 4.11. The van der Waals surface area contributed by atoms with Crippen LogP contribution in [0.3, 0.4) is 0 Å². The van der Waals surface area contributed by atoms with Gasteiger partial charge in [0.25, 0.3) is 5.56 Å². The molecule has 2 aliphatic heterocycles. The van der Waals surface area contributed by atoms with E-state index in [2.05, 4.69) is 44.5 Å². The van der Waals surface area contributed by atoms with Crippen molar-refractivity contribution < 1.29 is 4.79 Å². The molecule has 1 amide bonds. The monoisotopic (exact) mass is 473 g/mol. The lowest BCUT2D eigenvalue weighted by Gasteiger charge is -2.34. The molecule has 2 N–H and O–H groups in total. The molecule has 1 fully saturated rings. The van der Waals surface area contributed by atoms with Crippen LogP contribution in [0.2, 0.25) is 5.02 Å². The van der Waals surface area contributed by atoms with E-state index < -0.39 is 17.7 Å². The maximum Gasteiger partial charge on any atom is 0.258 e. The molecule has 2 unspecified atom stereocenters. The Bertz CT molecular complexity index is 1310. The first-order valence-electron chi connectivity index (χ1n) is 11.4. The number of nitriles is 1. The number of aromatic nitrogens is 2. The van der Waals surface area contributed by atoms with E-state index in [1.807, 2.05) is 12.1 Å². The first-order chi connectivity index (χ1) is 16.5. The molecule has 1 aromatic heterocycles. The average Bonchev–Trinajstić information content (AvgIpc) is 2.84. The molecule has 7 nitrogen and oxygen atoms in total. The molecule has 2 atom stereocenters. The summed E-state index contributed by atoms with van der Waals surface area (Å²) in [6.07, 6.45) is 3.02. The molecule has 34 heavy (non-hydrogen) atoms. The Balaban J connectivity index is 1.41. The van der Waals surface area contributed by atoms with Crippen LogP contribution in [0, 0.1) is 23.2 Å². The number of benzene rings is 2. The number of nitrogens with zero attached hydrogens (tertiary/aromatic N) is 3. The molecule has 0 radical (unpaired) electrons. The molecule has 3 heterocycles. The highest BCUT2D eigenvalue weighted by molar-refractivity contribution is 6.30. The van der Waals surface area contributed by atoms with Crippen molar-refractivity contribution in [3.63, 3.8) is 0 Å². The quantitative estimate of drug-likeness (QED) is 0.593. The number of anilines is 2. The predicted molar refractivity (Wildman–Crippen MR) is 131 cm³/mol. The lowest BCUT2D eigenvalue weighted by atomic mass is 9.79. The Kier molecular flexibility index (Phi) is 6.08. The maximum atomic E-state index is 13.3. The van der Waals surface area contributed by atoms with Crippen molar-refractivity contribution in [2.24, 2.45) is 11.8 Å². The number of halogens is 1. The lowest BCUT2D eigenvalue weighted by Crippen LogP contribution is -2.41. The topological polar surface area (TPSA) is 102 Å². The Morgan fingerprint density at radius 3 is 2.56 bits per heavy atom. The van der Waals surface area contributed by atoms with E-state index >= 15 is 0 Å². The van der Waals surface area contributed by atoms with E-state index in [1.54, 1.807) is 24.3 Å². The number of piperidine rings is 1. The van der Waals surface area contributed by atoms with Gasteiger partial charge in [-0.15, -0.1) is 0 Å². The zero-order valence-electron chi connectivity index (χ0n) is 18.5. The van der Waals surface area contributed by atoms with Crippen molar-refractivity contribution >= 4 is 29.3 Å². The molecular weight excluding hydrogens is 450 g/mol. The summed E-state index contributed by atoms with van der Waals surface area (Å²) in [6, 6.07) is 19.4. The number of nitrogens with one attached hydrogen (secondary N) is 2. The molecule has 5 rings (SSSR count). The SMILES string of the molecule is N#CC1C(=O)Nc2nc(N3CCC(Cc4ccccc4)CC3)[nH]c(=O)c2C1c1cccc(Cl)c1. The van der Waals surface area contributed by atoms with Crippen LogP contribution in [-0.2, 0) is 11.2 Å². The number of carbonyl (C=O) groups excluding carboxylic acids is 1. The van der Waals surface area contributed by atoms with Crippen molar-refractivity contribution in [2.75, 3.05) is 23.3 Å². The van der Waals surface area contributed by atoms with Gasteiger partial charge in [0.2, 0.25) is 11.9 Å². The third-order valence-corrected chi connectivity index (χ3v) is 6.97. The van der Waals surface area contributed by atoms with E-state index in [4.69, 9.17) is 11.6 Å². The van der Waals surface area contributed by atoms with Gasteiger partial charge in [0.05, 0.1) is 11.6 Å². The summed E-state index contributed by atoms with van der Waals surface area (Å²) in [6.45, 7) is 1.54. The van der Waals surface area contributed by atoms with Crippen LogP contribution in [0.1, 0.15) is 35.4 Å². The number of carbonyl (C=O) groups is 1. The number of hydrogen-bond donors (Lipinski definition) is 2. The molecule has 2 aliphatic rings. The minimum Gasteiger partial charge on any atom is -0.342 e. The molecule has 0 saturated carbocycles. The zero-order chi connectivity index (χ0) is 23.7. The number of aromatic amines is 1. The van der Waals surface area contributed by atoms with Crippen LogP contribution in [0.5, 0.6) is 0 Å². The second-order valence-corrected chi connectivity index (χ2v) is 9.34. The third-order valence-electron chi connectivity index (χ3n) is 6.74. The van der Waals surface area contributed by atoms with Crippen LogP contribution in [0.15, 0.2) is 59.4 Å². The van der Waals surface area contributed by atoms with Gasteiger partial charge >= 0.3 is 0 Å². The summed E-state index contributed by atoms with van der Waals surface area (Å²) in [5, 5.41) is 12.8. The fourth-order valence-corrected chi connectivity index (χ4v) is 5.20. The van der Waals surface area contributed by atoms with Crippen LogP contribution < -0.4 is 15.8 Å². The summed E-state index contributed by atoms with van der Waals surface area (Å²) >= 11 is 6.16. The second kappa shape index (κ2) is 9.32. The van der Waals surface area contributed by atoms with E-state index in [0.29, 0.717) is 22.5 Å². The van der Waals surface area contributed by atoms with Gasteiger partial charge in [-0.05, 0) is 48.4 Å². The van der Waals surface area contributed by atoms with Gasteiger partial charge in [0.15, 0.2) is 0 Å². The largest absolute Gasteiger partial charge is 0.342 e. The van der Waals surface area contributed by atoms with Gasteiger partial charge in [-0.3, -0.25) is 14.6 Å². The van der Waals surface area contributed by atoms with Gasteiger partial charge in [-0.25, -0.2) is 0 Å². The van der Waals surface area contributed by atoms with Crippen molar-refractivity contribution in [1.82, 2.24) is 9.97 Å². The summed E-state index contributed by atoms with van der Waals surface area (Å²) in [7, 11) is 0. The summed E-state index contributed by atoms with van der Waals surface area (Å²) < 4.78 is 0. The minimum absolute atomic E-state index is 0.214. The third kappa shape index (κ3) is 4.29. The fourth-order valence-electron chi connectivity index (χ4n) is 5.01. The van der Waals surface area contributed by atoms with Crippen LogP contribution in [0.25, 0.3) is 0 Å². The molecular formula is C26H24ClN5O2. The van der Waals surface area contributed by atoms with E-state index in [-0.39, 0.29) is 16.9 Å². The standard InChI is InChI=1S/C26H24ClN5O2/c27-19-8-4-7-18(14-19)21-20(15-28)24(33)29-23-22(21)25(34)31-26(30-23)32-11-9-17(10-12-32)13-16-5-2-1-3-6-16/h1-8,14,17,20-21H,9-13H2,(H2,29,30,31,33,34). The molecule has 8 heteroatoms. The van der Waals surface area contributed by atoms with Crippen molar-refractivity contribution in [1.29, 1.82) is 5.26 Å². The van der Waals surface area contributed by atoms with Crippen molar-refractivity contribution in [2.45, 2.75) is 25.2 Å². The maximum absolute atomic E-state index is 13.3. The molecule has 172 valence electrons. The van der Waals surface area contributed by atoms with Crippen LogP contribution >= 0.6 is 11.6 Å². The number of rotatable bonds is 4. The van der Waals surface area contributed by atoms with Gasteiger partial charge < -0.3 is 10.2 Å². The zero-order valence-corrected chi connectivity index (χ0v) is 19.3. The highest BCUT2D eigenvalue weighted by atomic mass is 35.5. The first-order valence-corrected chi connectivity index (χ1v) is 11.8. The normalized spacial score (nSPS) is 20.4. The highest BCUT2D eigenvalue weighted by Crippen LogP contribution is 2.39. The average molecular weight is 474 g/mol. The Morgan fingerprint density at radius 2 is 1.85 bits per heavy atom. The first kappa shape index (κ1) is 22.2. The molecule has 0 bridgehead atoms. The van der Waals surface area contributed by atoms with Crippen LogP contribution in [0.4, 0.5) is 11.8 Å². The number of amides is 1. The summed E-state index contributed by atoms with van der Waals surface area (Å²) in [5.41, 5.74) is 1.91. The Labute approximate surface area is 202 Å². The molecule has 2 aromatic carbocycles. The summed E-state index contributed by atoms with van der Waals surface area (Å²) in [5.74, 6) is -1.02. The van der Waals surface area contributed by atoms with Gasteiger partial charge in [-0.1, -0.05) is 54.1 Å². The highest BCUT2D eigenvalue weighted by Gasteiger charge is 2.40.